The average Bonchev–Trinajstić information content (AvgIpc) is 2.46. The third kappa shape index (κ3) is 3.25. The number of benzene rings is 2. The molecule has 0 amide bonds. The molecule has 2 rings (SSSR count). The van der Waals surface area contributed by atoms with Crippen molar-refractivity contribution in [3.8, 4) is 6.07 Å². The highest BCUT2D eigenvalue weighted by Crippen LogP contribution is 2.25. The Morgan fingerprint density at radius 1 is 1.25 bits per heavy atom. The van der Waals surface area contributed by atoms with Crippen LogP contribution in [0.4, 0.5) is 11.4 Å². The van der Waals surface area contributed by atoms with Gasteiger partial charge in [0.1, 0.15) is 5.69 Å². The maximum atomic E-state index is 10.9. The Morgan fingerprint density at radius 3 is 2.55 bits per heavy atom. The summed E-state index contributed by atoms with van der Waals surface area (Å²) in [6, 6.07) is 13.3. The molecule has 100 valence electrons. The lowest BCUT2D eigenvalue weighted by Crippen LogP contribution is -2.03. The second kappa shape index (κ2) is 6.04. The summed E-state index contributed by atoms with van der Waals surface area (Å²) < 4.78 is 0. The number of halogens is 1. The maximum absolute atomic E-state index is 10.9. The van der Waals surface area contributed by atoms with Crippen LogP contribution in [0, 0.1) is 21.4 Å². The first-order chi connectivity index (χ1) is 9.60. The third-order valence-corrected chi connectivity index (χ3v) is 2.97. The summed E-state index contributed by atoms with van der Waals surface area (Å²) in [6.07, 6.45) is 0. The van der Waals surface area contributed by atoms with E-state index in [1.54, 1.807) is 12.1 Å². The first-order valence-electron chi connectivity index (χ1n) is 5.77. The molecule has 0 aliphatic rings. The van der Waals surface area contributed by atoms with E-state index in [1.807, 2.05) is 18.2 Å². The monoisotopic (exact) mass is 287 g/mol. The molecule has 20 heavy (non-hydrogen) atoms. The summed E-state index contributed by atoms with van der Waals surface area (Å²) in [5.41, 5.74) is 1.57. The first-order valence-corrected chi connectivity index (χ1v) is 6.15. The minimum absolute atomic E-state index is 0.0574. The van der Waals surface area contributed by atoms with Gasteiger partial charge in [0.25, 0.3) is 5.69 Å². The summed E-state index contributed by atoms with van der Waals surface area (Å²) in [5, 5.41) is 23.4. The zero-order chi connectivity index (χ0) is 14.5. The molecule has 0 unspecified atom stereocenters. The minimum atomic E-state index is -0.481. The predicted molar refractivity (Wildman–Crippen MR) is 76.6 cm³/mol. The van der Waals surface area contributed by atoms with Gasteiger partial charge in [-0.25, -0.2) is 0 Å². The lowest BCUT2D eigenvalue weighted by molar-refractivity contribution is -0.384. The van der Waals surface area contributed by atoms with E-state index in [4.69, 9.17) is 16.9 Å². The number of nitrogens with zero attached hydrogens (tertiary/aromatic N) is 2. The van der Waals surface area contributed by atoms with Gasteiger partial charge in [-0.15, -0.1) is 0 Å². The number of nitro groups is 1. The van der Waals surface area contributed by atoms with Gasteiger partial charge in [0.2, 0.25) is 0 Å². The van der Waals surface area contributed by atoms with Crippen LogP contribution in [0.15, 0.2) is 42.5 Å². The van der Waals surface area contributed by atoms with Gasteiger partial charge in [0, 0.05) is 17.6 Å². The molecule has 5 nitrogen and oxygen atoms in total. The summed E-state index contributed by atoms with van der Waals surface area (Å²) in [4.78, 5) is 10.5. The summed E-state index contributed by atoms with van der Waals surface area (Å²) in [7, 11) is 0. The topological polar surface area (TPSA) is 79.0 Å². The van der Waals surface area contributed by atoms with Crippen molar-refractivity contribution in [1.29, 1.82) is 5.26 Å². The van der Waals surface area contributed by atoms with Crippen molar-refractivity contribution in [2.75, 3.05) is 5.32 Å². The van der Waals surface area contributed by atoms with Crippen molar-refractivity contribution in [3.05, 3.63) is 68.7 Å². The van der Waals surface area contributed by atoms with E-state index in [9.17, 15) is 10.1 Å². The third-order valence-electron chi connectivity index (χ3n) is 2.72. The van der Waals surface area contributed by atoms with Crippen LogP contribution in [0.2, 0.25) is 5.02 Å². The van der Waals surface area contributed by atoms with Crippen LogP contribution in [0.1, 0.15) is 11.1 Å². The molecule has 0 aromatic heterocycles. The number of nitro benzene ring substituents is 1. The molecule has 0 saturated heterocycles. The van der Waals surface area contributed by atoms with Crippen LogP contribution in [0.5, 0.6) is 0 Å². The smallest absolute Gasteiger partial charge is 0.292 e. The molecule has 0 bridgehead atoms. The van der Waals surface area contributed by atoms with Crippen molar-refractivity contribution >= 4 is 23.0 Å². The molecule has 0 aliphatic carbocycles. The first kappa shape index (κ1) is 13.8. The summed E-state index contributed by atoms with van der Waals surface area (Å²) in [6.45, 7) is 0.410. The zero-order valence-corrected chi connectivity index (χ0v) is 11.1. The van der Waals surface area contributed by atoms with Gasteiger partial charge in [0.05, 0.1) is 16.6 Å². The standard InChI is InChI=1S/C14H10ClN3O2/c15-12-4-1-10(2-5-12)9-17-13-7-11(8-16)3-6-14(13)18(19)20/h1-7,17H,9H2. The molecular formula is C14H10ClN3O2. The van der Waals surface area contributed by atoms with Crippen LogP contribution in [-0.2, 0) is 6.54 Å². The lowest BCUT2D eigenvalue weighted by atomic mass is 10.1. The summed E-state index contributed by atoms with van der Waals surface area (Å²) >= 11 is 5.79. The Hall–Kier alpha value is -2.58. The van der Waals surface area contributed by atoms with Crippen LogP contribution < -0.4 is 5.32 Å². The predicted octanol–water partition coefficient (Wildman–Crippen LogP) is 3.73. The molecule has 0 atom stereocenters. The van der Waals surface area contributed by atoms with Crippen molar-refractivity contribution in [1.82, 2.24) is 0 Å². The second-order valence-electron chi connectivity index (χ2n) is 4.08. The van der Waals surface area contributed by atoms with Crippen LogP contribution in [0.3, 0.4) is 0 Å². The Kier molecular flexibility index (Phi) is 4.18. The minimum Gasteiger partial charge on any atom is -0.375 e. The molecule has 0 radical (unpaired) electrons. The average molecular weight is 288 g/mol. The number of anilines is 1. The number of nitriles is 1. The van der Waals surface area contributed by atoms with Gasteiger partial charge in [-0.05, 0) is 29.8 Å². The fourth-order valence-corrected chi connectivity index (χ4v) is 1.83. The van der Waals surface area contributed by atoms with E-state index in [1.165, 1.54) is 18.2 Å². The molecule has 2 aromatic carbocycles. The van der Waals surface area contributed by atoms with Gasteiger partial charge < -0.3 is 5.32 Å². The molecular weight excluding hydrogens is 278 g/mol. The normalized spacial score (nSPS) is 9.80. The Balaban J connectivity index is 2.21. The number of hydrogen-bond donors (Lipinski definition) is 1. The van der Waals surface area contributed by atoms with E-state index in [0.717, 1.165) is 5.56 Å². The molecule has 0 heterocycles. The number of hydrogen-bond acceptors (Lipinski definition) is 4. The molecule has 6 heteroatoms. The van der Waals surface area contributed by atoms with E-state index < -0.39 is 4.92 Å². The SMILES string of the molecule is N#Cc1ccc([N+](=O)[O-])c(NCc2ccc(Cl)cc2)c1. The molecule has 0 spiro atoms. The molecule has 2 aromatic rings. The maximum Gasteiger partial charge on any atom is 0.292 e. The van der Waals surface area contributed by atoms with Gasteiger partial charge in [-0.1, -0.05) is 23.7 Å². The highest BCUT2D eigenvalue weighted by atomic mass is 35.5. The van der Waals surface area contributed by atoms with Gasteiger partial charge >= 0.3 is 0 Å². The van der Waals surface area contributed by atoms with E-state index in [0.29, 0.717) is 22.8 Å². The zero-order valence-electron chi connectivity index (χ0n) is 10.3. The van der Waals surface area contributed by atoms with Crippen molar-refractivity contribution in [2.24, 2.45) is 0 Å². The highest BCUT2D eigenvalue weighted by Gasteiger charge is 2.13. The van der Waals surface area contributed by atoms with Crippen LogP contribution in [0.25, 0.3) is 0 Å². The lowest BCUT2D eigenvalue weighted by Gasteiger charge is -2.07. The quantitative estimate of drug-likeness (QED) is 0.686. The van der Waals surface area contributed by atoms with E-state index >= 15 is 0 Å². The fourth-order valence-electron chi connectivity index (χ4n) is 1.71. The van der Waals surface area contributed by atoms with Crippen molar-refractivity contribution in [2.45, 2.75) is 6.54 Å². The van der Waals surface area contributed by atoms with Gasteiger partial charge in [-0.2, -0.15) is 5.26 Å². The molecule has 0 aliphatic heterocycles. The molecule has 0 fully saturated rings. The van der Waals surface area contributed by atoms with Gasteiger partial charge in [0.15, 0.2) is 0 Å². The molecule has 0 saturated carbocycles. The van der Waals surface area contributed by atoms with E-state index in [2.05, 4.69) is 5.32 Å². The largest absolute Gasteiger partial charge is 0.375 e. The van der Waals surface area contributed by atoms with Crippen LogP contribution in [-0.4, -0.2) is 4.92 Å². The van der Waals surface area contributed by atoms with Crippen molar-refractivity contribution < 1.29 is 4.92 Å². The Labute approximate surface area is 120 Å². The van der Waals surface area contributed by atoms with Crippen molar-refractivity contribution in [3.63, 3.8) is 0 Å². The van der Waals surface area contributed by atoms with Gasteiger partial charge in [-0.3, -0.25) is 10.1 Å². The number of rotatable bonds is 4. The fraction of sp³-hybridized carbons (Fsp3) is 0.0714. The molecule has 1 N–H and O–H groups in total. The Morgan fingerprint density at radius 2 is 1.95 bits per heavy atom. The highest BCUT2D eigenvalue weighted by molar-refractivity contribution is 6.30. The summed E-state index contributed by atoms with van der Waals surface area (Å²) in [5.74, 6) is 0. The Bertz CT molecular complexity index is 678. The number of nitrogens with one attached hydrogen (secondary N) is 1. The second-order valence-corrected chi connectivity index (χ2v) is 4.52. The van der Waals surface area contributed by atoms with Crippen LogP contribution >= 0.6 is 11.6 Å². The van der Waals surface area contributed by atoms with E-state index in [-0.39, 0.29) is 5.69 Å².